The van der Waals surface area contributed by atoms with Gasteiger partial charge in [-0.15, -0.1) is 0 Å². The van der Waals surface area contributed by atoms with Crippen molar-refractivity contribution in [2.75, 3.05) is 11.9 Å². The van der Waals surface area contributed by atoms with Crippen molar-refractivity contribution in [1.82, 2.24) is 4.90 Å². The minimum atomic E-state index is -0.258. The molecule has 4 heteroatoms. The van der Waals surface area contributed by atoms with Crippen LogP contribution in [-0.4, -0.2) is 23.3 Å². The Kier molecular flexibility index (Phi) is 4.70. The number of amides is 2. The fraction of sp³-hybridized carbons (Fsp3) is 0.238. The summed E-state index contributed by atoms with van der Waals surface area (Å²) in [5.74, 6) is -0.488. The summed E-state index contributed by atoms with van der Waals surface area (Å²) in [6.45, 7) is 6.41. The predicted octanol–water partition coefficient (Wildman–Crippen LogP) is 3.91. The van der Waals surface area contributed by atoms with E-state index in [0.717, 1.165) is 28.8 Å². The summed E-state index contributed by atoms with van der Waals surface area (Å²) in [5.41, 5.74) is 4.61. The highest BCUT2D eigenvalue weighted by Gasteiger charge is 2.38. The Bertz CT molecular complexity index is 853. The Morgan fingerprint density at radius 1 is 0.920 bits per heavy atom. The van der Waals surface area contributed by atoms with E-state index < -0.39 is 0 Å². The first-order valence-corrected chi connectivity index (χ1v) is 8.53. The first-order valence-electron chi connectivity index (χ1n) is 8.53. The number of imide groups is 1. The van der Waals surface area contributed by atoms with Gasteiger partial charge in [-0.25, -0.2) is 0 Å². The summed E-state index contributed by atoms with van der Waals surface area (Å²) >= 11 is 0. The van der Waals surface area contributed by atoms with E-state index in [1.54, 1.807) is 0 Å². The maximum atomic E-state index is 12.9. The first-order chi connectivity index (χ1) is 12.0. The van der Waals surface area contributed by atoms with Crippen molar-refractivity contribution in [3.05, 3.63) is 70.9 Å². The van der Waals surface area contributed by atoms with Crippen molar-refractivity contribution in [3.63, 3.8) is 0 Å². The standard InChI is InChI=1S/C21H22N2O2/c1-4-13-23-20(24)18(16-10-6-5-7-11-16)19(21(23)25)22-17-12-8-9-14(2)15(17)3/h5-12,22H,4,13H2,1-3H3. The van der Waals surface area contributed by atoms with Gasteiger partial charge >= 0.3 is 0 Å². The number of hydrogen-bond donors (Lipinski definition) is 1. The number of hydrogen-bond acceptors (Lipinski definition) is 3. The van der Waals surface area contributed by atoms with Crippen LogP contribution in [-0.2, 0) is 9.59 Å². The van der Waals surface area contributed by atoms with E-state index in [1.165, 1.54) is 4.90 Å². The van der Waals surface area contributed by atoms with Crippen LogP contribution < -0.4 is 5.32 Å². The minimum Gasteiger partial charge on any atom is -0.350 e. The maximum absolute atomic E-state index is 12.9. The van der Waals surface area contributed by atoms with Crippen molar-refractivity contribution in [3.8, 4) is 0 Å². The minimum absolute atomic E-state index is 0.231. The molecular formula is C21H22N2O2. The zero-order valence-corrected chi connectivity index (χ0v) is 14.8. The normalized spacial score (nSPS) is 14.4. The fourth-order valence-corrected chi connectivity index (χ4v) is 3.01. The molecule has 0 saturated heterocycles. The quantitative estimate of drug-likeness (QED) is 0.844. The summed E-state index contributed by atoms with van der Waals surface area (Å²) in [7, 11) is 0. The first kappa shape index (κ1) is 17.0. The van der Waals surface area contributed by atoms with Gasteiger partial charge in [0.1, 0.15) is 5.70 Å². The third-order valence-corrected chi connectivity index (χ3v) is 4.54. The average Bonchev–Trinajstić information content (AvgIpc) is 2.84. The van der Waals surface area contributed by atoms with Gasteiger partial charge in [-0.05, 0) is 43.0 Å². The second-order valence-electron chi connectivity index (χ2n) is 6.25. The Labute approximate surface area is 148 Å². The van der Waals surface area contributed by atoms with Gasteiger partial charge in [0.25, 0.3) is 11.8 Å². The van der Waals surface area contributed by atoms with Gasteiger partial charge < -0.3 is 5.32 Å². The molecule has 0 spiro atoms. The van der Waals surface area contributed by atoms with E-state index in [1.807, 2.05) is 69.3 Å². The summed E-state index contributed by atoms with van der Waals surface area (Å²) in [4.78, 5) is 27.1. The second-order valence-corrected chi connectivity index (χ2v) is 6.25. The molecule has 1 aliphatic rings. The molecule has 1 N–H and O–H groups in total. The smallest absolute Gasteiger partial charge is 0.278 e. The third-order valence-electron chi connectivity index (χ3n) is 4.54. The fourth-order valence-electron chi connectivity index (χ4n) is 3.01. The number of benzene rings is 2. The molecule has 1 aliphatic heterocycles. The molecule has 128 valence electrons. The lowest BCUT2D eigenvalue weighted by atomic mass is 10.0. The van der Waals surface area contributed by atoms with Gasteiger partial charge in [0.15, 0.2) is 0 Å². The van der Waals surface area contributed by atoms with E-state index in [4.69, 9.17) is 0 Å². The van der Waals surface area contributed by atoms with E-state index in [-0.39, 0.29) is 11.8 Å². The average molecular weight is 334 g/mol. The monoisotopic (exact) mass is 334 g/mol. The number of anilines is 1. The highest BCUT2D eigenvalue weighted by molar-refractivity contribution is 6.36. The van der Waals surface area contributed by atoms with Crippen LogP contribution in [0.1, 0.15) is 30.0 Å². The lowest BCUT2D eigenvalue weighted by Crippen LogP contribution is -2.33. The number of carbonyl (C=O) groups excluding carboxylic acids is 2. The van der Waals surface area contributed by atoms with Gasteiger partial charge in [-0.3, -0.25) is 14.5 Å². The lowest BCUT2D eigenvalue weighted by molar-refractivity contribution is -0.136. The molecular weight excluding hydrogens is 312 g/mol. The van der Waals surface area contributed by atoms with Crippen LogP contribution in [0.4, 0.5) is 5.69 Å². The van der Waals surface area contributed by atoms with Crippen LogP contribution in [0.15, 0.2) is 54.2 Å². The highest BCUT2D eigenvalue weighted by atomic mass is 16.2. The summed E-state index contributed by atoms with van der Waals surface area (Å²) in [6, 6.07) is 15.3. The van der Waals surface area contributed by atoms with E-state index in [0.29, 0.717) is 17.8 Å². The zero-order chi connectivity index (χ0) is 18.0. The van der Waals surface area contributed by atoms with Crippen molar-refractivity contribution in [2.45, 2.75) is 27.2 Å². The van der Waals surface area contributed by atoms with E-state index in [2.05, 4.69) is 5.32 Å². The molecule has 0 fully saturated rings. The molecule has 0 bridgehead atoms. The molecule has 0 saturated carbocycles. The Balaban J connectivity index is 2.10. The van der Waals surface area contributed by atoms with Gasteiger partial charge in [-0.2, -0.15) is 0 Å². The lowest BCUT2D eigenvalue weighted by Gasteiger charge is -2.15. The van der Waals surface area contributed by atoms with E-state index in [9.17, 15) is 9.59 Å². The Morgan fingerprint density at radius 2 is 1.64 bits per heavy atom. The molecule has 0 radical (unpaired) electrons. The van der Waals surface area contributed by atoms with Crippen LogP contribution in [0.5, 0.6) is 0 Å². The predicted molar refractivity (Wildman–Crippen MR) is 99.9 cm³/mol. The third kappa shape index (κ3) is 3.07. The SMILES string of the molecule is CCCN1C(=O)C(Nc2cccc(C)c2C)=C(c2ccccc2)C1=O. The molecule has 3 rings (SSSR count). The maximum Gasteiger partial charge on any atom is 0.278 e. The number of rotatable bonds is 5. The van der Waals surface area contributed by atoms with Crippen LogP contribution >= 0.6 is 0 Å². The van der Waals surface area contributed by atoms with Crippen molar-refractivity contribution < 1.29 is 9.59 Å². The van der Waals surface area contributed by atoms with Crippen molar-refractivity contribution in [2.24, 2.45) is 0 Å². The molecule has 1 heterocycles. The molecule has 0 aliphatic carbocycles. The van der Waals surface area contributed by atoms with Gasteiger partial charge in [0, 0.05) is 12.2 Å². The second kappa shape index (κ2) is 6.93. The number of nitrogens with zero attached hydrogens (tertiary/aromatic N) is 1. The van der Waals surface area contributed by atoms with Gasteiger partial charge in [-0.1, -0.05) is 49.4 Å². The van der Waals surface area contributed by atoms with Gasteiger partial charge in [0.2, 0.25) is 0 Å². The Morgan fingerprint density at radius 3 is 2.32 bits per heavy atom. The van der Waals surface area contributed by atoms with Crippen LogP contribution in [0.3, 0.4) is 0 Å². The molecule has 0 atom stereocenters. The van der Waals surface area contributed by atoms with E-state index >= 15 is 0 Å². The topological polar surface area (TPSA) is 49.4 Å². The van der Waals surface area contributed by atoms with Gasteiger partial charge in [0.05, 0.1) is 5.57 Å². The molecule has 2 aromatic carbocycles. The highest BCUT2D eigenvalue weighted by Crippen LogP contribution is 2.31. The summed E-state index contributed by atoms with van der Waals surface area (Å²) < 4.78 is 0. The molecule has 4 nitrogen and oxygen atoms in total. The number of carbonyl (C=O) groups is 2. The molecule has 2 amide bonds. The van der Waals surface area contributed by atoms with Crippen LogP contribution in [0, 0.1) is 13.8 Å². The number of nitrogens with one attached hydrogen (secondary N) is 1. The van der Waals surface area contributed by atoms with Crippen LogP contribution in [0.25, 0.3) is 5.57 Å². The molecule has 0 aromatic heterocycles. The Hall–Kier alpha value is -2.88. The zero-order valence-electron chi connectivity index (χ0n) is 14.8. The van der Waals surface area contributed by atoms with Crippen molar-refractivity contribution in [1.29, 1.82) is 0 Å². The summed E-state index contributed by atoms with van der Waals surface area (Å²) in [6.07, 6.45) is 0.732. The molecule has 2 aromatic rings. The van der Waals surface area contributed by atoms with Crippen molar-refractivity contribution >= 4 is 23.1 Å². The largest absolute Gasteiger partial charge is 0.350 e. The molecule has 0 unspecified atom stereocenters. The van der Waals surface area contributed by atoms with Crippen LogP contribution in [0.2, 0.25) is 0 Å². The summed E-state index contributed by atoms with van der Waals surface area (Å²) in [5, 5.41) is 3.23. The number of aryl methyl sites for hydroxylation is 1. The molecule has 25 heavy (non-hydrogen) atoms.